The van der Waals surface area contributed by atoms with E-state index in [-0.39, 0.29) is 36.6 Å². The van der Waals surface area contributed by atoms with Gasteiger partial charge in [-0.25, -0.2) is 4.98 Å². The fraction of sp³-hybridized carbons (Fsp3) is 0.625. The molecule has 1 unspecified atom stereocenters. The smallest absolute Gasteiger partial charge is 0.223 e. The maximum absolute atomic E-state index is 12.3. The van der Waals surface area contributed by atoms with Gasteiger partial charge in [0.1, 0.15) is 5.82 Å². The Hall–Kier alpha value is -1.04. The predicted octanol–water partition coefficient (Wildman–Crippen LogP) is 2.00. The van der Waals surface area contributed by atoms with Gasteiger partial charge in [0.05, 0.1) is 0 Å². The summed E-state index contributed by atoms with van der Waals surface area (Å²) in [7, 11) is 3.94. The van der Waals surface area contributed by atoms with E-state index in [0.717, 1.165) is 43.7 Å². The second kappa shape index (κ2) is 8.18. The second-order valence-electron chi connectivity index (χ2n) is 6.51. The first-order valence-corrected chi connectivity index (χ1v) is 7.71. The lowest BCUT2D eigenvalue weighted by Crippen LogP contribution is -2.33. The van der Waals surface area contributed by atoms with Crippen LogP contribution in [-0.2, 0) is 11.3 Å². The van der Waals surface area contributed by atoms with Crippen LogP contribution in [0.1, 0.15) is 24.8 Å². The number of nitrogens with zero attached hydrogens (tertiary/aromatic N) is 2. The van der Waals surface area contributed by atoms with Gasteiger partial charge in [-0.15, -0.1) is 24.8 Å². The van der Waals surface area contributed by atoms with Crippen LogP contribution in [0.3, 0.4) is 0 Å². The molecule has 1 aromatic rings. The Balaban J connectivity index is 0.00000132. The summed E-state index contributed by atoms with van der Waals surface area (Å²) >= 11 is 0. The highest BCUT2D eigenvalue weighted by molar-refractivity contribution is 5.85. The van der Waals surface area contributed by atoms with Crippen LogP contribution >= 0.6 is 24.8 Å². The van der Waals surface area contributed by atoms with Gasteiger partial charge in [-0.1, -0.05) is 6.07 Å². The lowest BCUT2D eigenvalue weighted by atomic mass is 9.92. The molecule has 0 aromatic carbocycles. The SMILES string of the molecule is CN(C)c1ccc(CNC(=O)C2CC23CCNCC3)cn1.Cl.Cl. The van der Waals surface area contributed by atoms with Crippen molar-refractivity contribution in [2.45, 2.75) is 25.8 Å². The third-order valence-electron chi connectivity index (χ3n) is 4.84. The van der Waals surface area contributed by atoms with Crippen LogP contribution in [0.15, 0.2) is 18.3 Å². The molecule has 1 aliphatic heterocycles. The third kappa shape index (κ3) is 4.49. The zero-order valence-corrected chi connectivity index (χ0v) is 15.3. The molecule has 3 rings (SSSR count). The Morgan fingerprint density at radius 2 is 2.04 bits per heavy atom. The van der Waals surface area contributed by atoms with Gasteiger partial charge in [-0.2, -0.15) is 0 Å². The summed E-state index contributed by atoms with van der Waals surface area (Å²) in [5.41, 5.74) is 1.36. The Kier molecular flexibility index (Phi) is 7.11. The number of carbonyl (C=O) groups excluding carboxylic acids is 1. The van der Waals surface area contributed by atoms with Crippen molar-refractivity contribution in [3.05, 3.63) is 23.9 Å². The van der Waals surface area contributed by atoms with E-state index in [9.17, 15) is 4.79 Å². The van der Waals surface area contributed by atoms with Crippen molar-refractivity contribution in [2.75, 3.05) is 32.1 Å². The van der Waals surface area contributed by atoms with Gasteiger partial charge >= 0.3 is 0 Å². The number of anilines is 1. The molecule has 0 bridgehead atoms. The minimum atomic E-state index is 0. The molecule has 1 atom stereocenters. The van der Waals surface area contributed by atoms with Gasteiger partial charge < -0.3 is 15.5 Å². The molecule has 1 saturated heterocycles. The second-order valence-corrected chi connectivity index (χ2v) is 6.51. The lowest BCUT2D eigenvalue weighted by molar-refractivity contribution is -0.123. The van der Waals surface area contributed by atoms with Crippen molar-refractivity contribution < 1.29 is 4.79 Å². The van der Waals surface area contributed by atoms with E-state index in [1.807, 2.05) is 37.3 Å². The zero-order valence-electron chi connectivity index (χ0n) is 13.7. The number of halogens is 2. The summed E-state index contributed by atoms with van der Waals surface area (Å²) in [6, 6.07) is 4.00. The molecule has 0 radical (unpaired) electrons. The number of pyridine rings is 1. The minimum absolute atomic E-state index is 0. The molecule has 1 aromatic heterocycles. The van der Waals surface area contributed by atoms with Crippen molar-refractivity contribution >= 4 is 36.5 Å². The van der Waals surface area contributed by atoms with Crippen LogP contribution in [-0.4, -0.2) is 38.1 Å². The molecule has 2 fully saturated rings. The molecule has 1 aliphatic carbocycles. The number of hydrogen-bond donors (Lipinski definition) is 2. The molecule has 2 heterocycles. The van der Waals surface area contributed by atoms with E-state index in [0.29, 0.717) is 12.0 Å². The summed E-state index contributed by atoms with van der Waals surface area (Å²) in [4.78, 5) is 18.6. The van der Waals surface area contributed by atoms with Crippen LogP contribution in [0, 0.1) is 11.3 Å². The van der Waals surface area contributed by atoms with Crippen molar-refractivity contribution in [3.63, 3.8) is 0 Å². The highest BCUT2D eigenvalue weighted by Crippen LogP contribution is 2.58. The quantitative estimate of drug-likeness (QED) is 0.861. The fourth-order valence-corrected chi connectivity index (χ4v) is 3.29. The van der Waals surface area contributed by atoms with Crippen LogP contribution in [0.2, 0.25) is 0 Å². The summed E-state index contributed by atoms with van der Waals surface area (Å²) in [6.45, 7) is 2.68. The van der Waals surface area contributed by atoms with E-state index in [1.54, 1.807) is 0 Å². The van der Waals surface area contributed by atoms with Gasteiger partial charge in [-0.3, -0.25) is 4.79 Å². The normalized spacial score (nSPS) is 20.9. The Labute approximate surface area is 150 Å². The fourth-order valence-electron chi connectivity index (χ4n) is 3.29. The van der Waals surface area contributed by atoms with Crippen molar-refractivity contribution in [1.29, 1.82) is 0 Å². The summed E-state index contributed by atoms with van der Waals surface area (Å²) in [5, 5.41) is 6.44. The standard InChI is InChI=1S/C16H24N4O.2ClH/c1-20(2)14-4-3-12(10-18-14)11-19-15(21)13-9-16(13)5-7-17-8-6-16;;/h3-4,10,13,17H,5-9,11H2,1-2H3,(H,19,21);2*1H. The van der Waals surface area contributed by atoms with E-state index in [2.05, 4.69) is 15.6 Å². The molecule has 1 spiro atoms. The number of hydrogen-bond acceptors (Lipinski definition) is 4. The lowest BCUT2D eigenvalue weighted by Gasteiger charge is -2.23. The van der Waals surface area contributed by atoms with Crippen molar-refractivity contribution in [2.24, 2.45) is 11.3 Å². The van der Waals surface area contributed by atoms with Crippen LogP contribution in [0.25, 0.3) is 0 Å². The van der Waals surface area contributed by atoms with E-state index < -0.39 is 0 Å². The minimum Gasteiger partial charge on any atom is -0.363 e. The monoisotopic (exact) mass is 360 g/mol. The van der Waals surface area contributed by atoms with Crippen molar-refractivity contribution in [3.8, 4) is 0 Å². The van der Waals surface area contributed by atoms with Crippen LogP contribution < -0.4 is 15.5 Å². The zero-order chi connectivity index (χ0) is 14.9. The molecular weight excluding hydrogens is 335 g/mol. The van der Waals surface area contributed by atoms with Gasteiger partial charge in [0, 0.05) is 32.8 Å². The van der Waals surface area contributed by atoms with Gasteiger partial charge in [0.2, 0.25) is 5.91 Å². The molecular formula is C16H26Cl2N4O. The molecule has 2 aliphatic rings. The Morgan fingerprint density at radius 1 is 1.35 bits per heavy atom. The van der Waals surface area contributed by atoms with Crippen LogP contribution in [0.4, 0.5) is 5.82 Å². The van der Waals surface area contributed by atoms with Gasteiger partial charge in [0.25, 0.3) is 0 Å². The van der Waals surface area contributed by atoms with Crippen LogP contribution in [0.5, 0.6) is 0 Å². The first-order valence-electron chi connectivity index (χ1n) is 7.71. The average molecular weight is 361 g/mol. The van der Waals surface area contributed by atoms with Crippen molar-refractivity contribution in [1.82, 2.24) is 15.6 Å². The topological polar surface area (TPSA) is 57.3 Å². The Bertz CT molecular complexity index is 515. The van der Waals surface area contributed by atoms with E-state index in [4.69, 9.17) is 0 Å². The third-order valence-corrected chi connectivity index (χ3v) is 4.84. The maximum Gasteiger partial charge on any atom is 0.223 e. The number of rotatable bonds is 4. The van der Waals surface area contributed by atoms with E-state index >= 15 is 0 Å². The maximum atomic E-state index is 12.3. The summed E-state index contributed by atoms with van der Waals surface area (Å²) in [6.07, 6.45) is 5.19. The van der Waals surface area contributed by atoms with E-state index in [1.165, 1.54) is 0 Å². The molecule has 5 nitrogen and oxygen atoms in total. The molecule has 1 saturated carbocycles. The molecule has 130 valence electrons. The first-order chi connectivity index (χ1) is 10.1. The first kappa shape index (κ1) is 20.0. The molecule has 2 N–H and O–H groups in total. The molecule has 1 amide bonds. The highest BCUT2D eigenvalue weighted by Gasteiger charge is 2.57. The number of aromatic nitrogens is 1. The summed E-state index contributed by atoms with van der Waals surface area (Å²) < 4.78 is 0. The van der Waals surface area contributed by atoms with Gasteiger partial charge in [-0.05, 0) is 49.4 Å². The Morgan fingerprint density at radius 3 is 2.61 bits per heavy atom. The highest BCUT2D eigenvalue weighted by atomic mass is 35.5. The summed E-state index contributed by atoms with van der Waals surface area (Å²) in [5.74, 6) is 1.38. The average Bonchev–Trinajstić information content (AvgIpc) is 3.19. The largest absolute Gasteiger partial charge is 0.363 e. The molecule has 23 heavy (non-hydrogen) atoms. The molecule has 7 heteroatoms. The predicted molar refractivity (Wildman–Crippen MR) is 97.6 cm³/mol. The van der Waals surface area contributed by atoms with Gasteiger partial charge in [0.15, 0.2) is 0 Å². The number of carbonyl (C=O) groups is 1. The number of piperidine rings is 1. The number of amides is 1. The number of nitrogens with one attached hydrogen (secondary N) is 2.